The van der Waals surface area contributed by atoms with Gasteiger partial charge in [0.1, 0.15) is 0 Å². The monoisotopic (exact) mass is 261 g/mol. The Morgan fingerprint density at radius 1 is 1.44 bits per heavy atom. The number of nitrogens with two attached hydrogens (primary N) is 1. The zero-order valence-electron chi connectivity index (χ0n) is 10.2. The molecule has 0 spiro atoms. The van der Waals surface area contributed by atoms with Crippen LogP contribution < -0.4 is 16.6 Å². The SMILES string of the molecule is Cn1c(=O)c2c(c3cc(N)ccc31)NCCCS2. The topological polar surface area (TPSA) is 60.0 Å². The van der Waals surface area contributed by atoms with Gasteiger partial charge >= 0.3 is 0 Å². The molecule has 0 unspecified atom stereocenters. The molecule has 1 aromatic heterocycles. The molecule has 0 radical (unpaired) electrons. The number of nitrogens with zero attached hydrogens (tertiary/aromatic N) is 1. The maximum atomic E-state index is 12.3. The third-order valence-electron chi connectivity index (χ3n) is 3.25. The normalized spacial score (nSPS) is 14.9. The minimum atomic E-state index is 0.0710. The Labute approximate surface area is 109 Å². The number of aromatic nitrogens is 1. The van der Waals surface area contributed by atoms with E-state index < -0.39 is 0 Å². The molecule has 1 aliphatic heterocycles. The van der Waals surface area contributed by atoms with Crippen molar-refractivity contribution in [2.75, 3.05) is 23.3 Å². The standard InChI is InChI=1S/C13H15N3OS/c1-16-10-4-3-8(14)7-9(10)11-12(13(16)17)18-6-2-5-15-11/h3-4,7,15H,2,5-6,14H2,1H3. The number of thioether (sulfide) groups is 1. The zero-order chi connectivity index (χ0) is 12.7. The van der Waals surface area contributed by atoms with Gasteiger partial charge in [0.25, 0.3) is 5.56 Å². The lowest BCUT2D eigenvalue weighted by Crippen LogP contribution is -2.20. The van der Waals surface area contributed by atoms with Gasteiger partial charge in [-0.3, -0.25) is 4.79 Å². The second-order valence-corrected chi connectivity index (χ2v) is 5.58. The predicted octanol–water partition coefficient (Wildman–Crippen LogP) is 2.03. The fraction of sp³-hybridized carbons (Fsp3) is 0.308. The van der Waals surface area contributed by atoms with Gasteiger partial charge in [-0.15, -0.1) is 11.8 Å². The molecule has 0 amide bonds. The summed E-state index contributed by atoms with van der Waals surface area (Å²) in [6, 6.07) is 5.67. The van der Waals surface area contributed by atoms with E-state index in [2.05, 4.69) is 5.32 Å². The molecule has 0 atom stereocenters. The quantitative estimate of drug-likeness (QED) is 0.712. The first-order valence-corrected chi connectivity index (χ1v) is 6.96. The molecule has 3 rings (SSSR count). The fourth-order valence-electron chi connectivity index (χ4n) is 2.31. The summed E-state index contributed by atoms with van der Waals surface area (Å²) in [5.41, 5.74) is 8.52. The van der Waals surface area contributed by atoms with Crippen molar-refractivity contribution >= 4 is 34.0 Å². The lowest BCUT2D eigenvalue weighted by Gasteiger charge is -2.14. The molecule has 18 heavy (non-hydrogen) atoms. The maximum Gasteiger partial charge on any atom is 0.266 e. The van der Waals surface area contributed by atoms with Crippen LogP contribution in [-0.2, 0) is 7.05 Å². The fourth-order valence-corrected chi connectivity index (χ4v) is 3.39. The molecule has 1 aliphatic rings. The van der Waals surface area contributed by atoms with Gasteiger partial charge in [0, 0.05) is 24.7 Å². The molecule has 0 aliphatic carbocycles. The summed E-state index contributed by atoms with van der Waals surface area (Å²) in [6.45, 7) is 0.900. The number of pyridine rings is 1. The Balaban J connectivity index is 2.44. The first-order valence-electron chi connectivity index (χ1n) is 5.97. The van der Waals surface area contributed by atoms with Gasteiger partial charge in [-0.2, -0.15) is 0 Å². The second-order valence-electron chi connectivity index (χ2n) is 4.47. The number of nitrogens with one attached hydrogen (secondary N) is 1. The molecule has 4 nitrogen and oxygen atoms in total. The minimum absolute atomic E-state index is 0.0710. The molecule has 94 valence electrons. The summed E-state index contributed by atoms with van der Waals surface area (Å²) in [4.78, 5) is 13.1. The summed E-state index contributed by atoms with van der Waals surface area (Å²) in [5, 5.41) is 4.40. The molecule has 2 heterocycles. The van der Waals surface area contributed by atoms with Crippen molar-refractivity contribution in [2.45, 2.75) is 11.3 Å². The Hall–Kier alpha value is -1.62. The largest absolute Gasteiger partial charge is 0.399 e. The lowest BCUT2D eigenvalue weighted by molar-refractivity contribution is 0.877. The van der Waals surface area contributed by atoms with Crippen LogP contribution in [0.3, 0.4) is 0 Å². The van der Waals surface area contributed by atoms with Crippen LogP contribution in [-0.4, -0.2) is 16.9 Å². The van der Waals surface area contributed by atoms with E-state index in [1.54, 1.807) is 16.3 Å². The lowest BCUT2D eigenvalue weighted by atomic mass is 10.1. The van der Waals surface area contributed by atoms with Gasteiger partial charge < -0.3 is 15.6 Å². The van der Waals surface area contributed by atoms with E-state index in [-0.39, 0.29) is 5.56 Å². The van der Waals surface area contributed by atoms with Crippen molar-refractivity contribution in [2.24, 2.45) is 7.05 Å². The molecule has 5 heteroatoms. The van der Waals surface area contributed by atoms with Crippen LogP contribution in [0.1, 0.15) is 6.42 Å². The molecular formula is C13H15N3OS. The number of nitrogen functional groups attached to an aromatic ring is 1. The van der Waals surface area contributed by atoms with E-state index in [9.17, 15) is 4.79 Å². The summed E-state index contributed by atoms with van der Waals surface area (Å²) in [6.07, 6.45) is 1.06. The molecule has 2 aromatic rings. The highest BCUT2D eigenvalue weighted by atomic mass is 32.2. The highest BCUT2D eigenvalue weighted by Gasteiger charge is 2.17. The molecule has 3 N–H and O–H groups in total. The van der Waals surface area contributed by atoms with Crippen LogP contribution in [0, 0.1) is 0 Å². The van der Waals surface area contributed by atoms with E-state index in [0.717, 1.165) is 45.9 Å². The summed E-state index contributed by atoms with van der Waals surface area (Å²) >= 11 is 1.63. The van der Waals surface area contributed by atoms with E-state index in [1.165, 1.54) is 0 Å². The number of benzene rings is 1. The van der Waals surface area contributed by atoms with Gasteiger partial charge in [-0.05, 0) is 30.4 Å². The maximum absolute atomic E-state index is 12.3. The average molecular weight is 261 g/mol. The van der Waals surface area contributed by atoms with Crippen LogP contribution in [0.5, 0.6) is 0 Å². The molecule has 0 saturated heterocycles. The van der Waals surface area contributed by atoms with Crippen LogP contribution in [0.15, 0.2) is 27.9 Å². The highest BCUT2D eigenvalue weighted by molar-refractivity contribution is 7.99. The average Bonchev–Trinajstić information content (AvgIpc) is 2.61. The van der Waals surface area contributed by atoms with Crippen molar-refractivity contribution < 1.29 is 0 Å². The summed E-state index contributed by atoms with van der Waals surface area (Å²) < 4.78 is 1.70. The number of anilines is 2. The Bertz CT molecular complexity index is 678. The van der Waals surface area contributed by atoms with Crippen molar-refractivity contribution in [1.29, 1.82) is 0 Å². The summed E-state index contributed by atoms with van der Waals surface area (Å²) in [7, 11) is 1.81. The van der Waals surface area contributed by atoms with E-state index >= 15 is 0 Å². The van der Waals surface area contributed by atoms with Crippen LogP contribution in [0.2, 0.25) is 0 Å². The van der Waals surface area contributed by atoms with Crippen molar-refractivity contribution in [3.8, 4) is 0 Å². The molecule has 1 aromatic carbocycles. The van der Waals surface area contributed by atoms with E-state index in [0.29, 0.717) is 0 Å². The van der Waals surface area contributed by atoms with Crippen molar-refractivity contribution in [3.63, 3.8) is 0 Å². The van der Waals surface area contributed by atoms with Crippen LogP contribution in [0.4, 0.5) is 11.4 Å². The van der Waals surface area contributed by atoms with Gasteiger partial charge in [0.05, 0.1) is 16.1 Å². The van der Waals surface area contributed by atoms with Crippen LogP contribution in [0.25, 0.3) is 10.9 Å². The number of aryl methyl sites for hydroxylation is 1. The van der Waals surface area contributed by atoms with Crippen LogP contribution >= 0.6 is 11.8 Å². The Morgan fingerprint density at radius 3 is 3.11 bits per heavy atom. The molecular weight excluding hydrogens is 246 g/mol. The number of rotatable bonds is 0. The number of hydrogen-bond donors (Lipinski definition) is 2. The molecule has 0 fully saturated rings. The third-order valence-corrected chi connectivity index (χ3v) is 4.41. The highest BCUT2D eigenvalue weighted by Crippen LogP contribution is 2.34. The predicted molar refractivity (Wildman–Crippen MR) is 77.4 cm³/mol. The Kier molecular flexibility index (Phi) is 2.70. The third kappa shape index (κ3) is 1.66. The first-order chi connectivity index (χ1) is 8.68. The van der Waals surface area contributed by atoms with Gasteiger partial charge in [0.15, 0.2) is 0 Å². The van der Waals surface area contributed by atoms with Gasteiger partial charge in [-0.25, -0.2) is 0 Å². The second kappa shape index (κ2) is 4.24. The molecule has 0 saturated carbocycles. The van der Waals surface area contributed by atoms with E-state index in [4.69, 9.17) is 5.73 Å². The molecule has 0 bridgehead atoms. The Morgan fingerprint density at radius 2 is 2.28 bits per heavy atom. The number of fused-ring (bicyclic) bond motifs is 3. The first kappa shape index (κ1) is 11.5. The summed E-state index contributed by atoms with van der Waals surface area (Å²) in [5.74, 6) is 0.975. The number of hydrogen-bond acceptors (Lipinski definition) is 4. The zero-order valence-corrected chi connectivity index (χ0v) is 11.0. The van der Waals surface area contributed by atoms with Crippen molar-refractivity contribution in [1.82, 2.24) is 4.57 Å². The van der Waals surface area contributed by atoms with Crippen molar-refractivity contribution in [3.05, 3.63) is 28.6 Å². The van der Waals surface area contributed by atoms with Gasteiger partial charge in [-0.1, -0.05) is 0 Å². The smallest absolute Gasteiger partial charge is 0.266 e. The minimum Gasteiger partial charge on any atom is -0.399 e. The van der Waals surface area contributed by atoms with E-state index in [1.807, 2.05) is 25.2 Å². The van der Waals surface area contributed by atoms with Gasteiger partial charge in [0.2, 0.25) is 0 Å².